The van der Waals surface area contributed by atoms with E-state index < -0.39 is 5.91 Å². The molecule has 8 heteroatoms. The van der Waals surface area contributed by atoms with Crippen molar-refractivity contribution in [2.75, 3.05) is 11.1 Å². The Hall–Kier alpha value is -2.35. The second-order valence-corrected chi connectivity index (χ2v) is 6.23. The van der Waals surface area contributed by atoms with Gasteiger partial charge in [-0.05, 0) is 30.7 Å². The number of hydrogen-bond acceptors (Lipinski definition) is 5. The number of unbranched alkanes of at least 4 members (excludes halogenated alkanes) is 2. The highest BCUT2D eigenvalue weighted by atomic mass is 32.2. The maximum absolute atomic E-state index is 12.0. The first kappa shape index (κ1) is 18.0. The average molecular weight is 347 g/mol. The molecule has 0 aliphatic heterocycles. The van der Waals surface area contributed by atoms with Crippen LogP contribution < -0.4 is 11.1 Å². The highest BCUT2D eigenvalue weighted by Crippen LogP contribution is 2.16. The lowest BCUT2D eigenvalue weighted by molar-refractivity contribution is -0.113. The van der Waals surface area contributed by atoms with E-state index in [9.17, 15) is 9.59 Å². The molecule has 2 aromatic rings. The van der Waals surface area contributed by atoms with Gasteiger partial charge in [-0.15, -0.1) is 10.2 Å². The van der Waals surface area contributed by atoms with Crippen LogP contribution in [-0.2, 0) is 11.3 Å². The van der Waals surface area contributed by atoms with E-state index in [1.165, 1.54) is 11.8 Å². The maximum Gasteiger partial charge on any atom is 0.248 e. The number of aryl methyl sites for hydroxylation is 1. The zero-order valence-corrected chi connectivity index (χ0v) is 14.4. The highest BCUT2D eigenvalue weighted by Gasteiger charge is 2.09. The Kier molecular flexibility index (Phi) is 6.80. The molecular weight excluding hydrogens is 326 g/mol. The maximum atomic E-state index is 12.0. The van der Waals surface area contributed by atoms with E-state index in [2.05, 4.69) is 22.4 Å². The van der Waals surface area contributed by atoms with Gasteiger partial charge in [-0.2, -0.15) is 0 Å². The van der Waals surface area contributed by atoms with Gasteiger partial charge < -0.3 is 15.6 Å². The van der Waals surface area contributed by atoms with Crippen molar-refractivity contribution < 1.29 is 9.59 Å². The lowest BCUT2D eigenvalue weighted by atomic mass is 10.2. The molecular formula is C16H21N5O2S. The van der Waals surface area contributed by atoms with Gasteiger partial charge in [0.15, 0.2) is 5.16 Å². The first-order chi connectivity index (χ1) is 11.6. The highest BCUT2D eigenvalue weighted by molar-refractivity contribution is 7.99. The van der Waals surface area contributed by atoms with Crippen LogP contribution in [0.3, 0.4) is 0 Å². The number of primary amides is 1. The van der Waals surface area contributed by atoms with Crippen LogP contribution in [0.4, 0.5) is 5.69 Å². The van der Waals surface area contributed by atoms with Gasteiger partial charge in [0, 0.05) is 17.8 Å². The van der Waals surface area contributed by atoms with Crippen LogP contribution in [-0.4, -0.2) is 32.3 Å². The van der Waals surface area contributed by atoms with Crippen LogP contribution in [0.1, 0.15) is 36.5 Å². The minimum absolute atomic E-state index is 0.144. The van der Waals surface area contributed by atoms with Gasteiger partial charge in [0.25, 0.3) is 0 Å². The standard InChI is InChI=1S/C16H21N5O2S/c1-2-3-4-9-21-11-18-20-16(21)24-10-14(22)19-13-7-5-12(6-8-13)15(17)23/h5-8,11H,2-4,9-10H2,1H3,(H2,17,23)(H,19,22). The molecule has 0 saturated carbocycles. The van der Waals surface area contributed by atoms with Crippen LogP contribution in [0.2, 0.25) is 0 Å². The predicted octanol–water partition coefficient (Wildman–Crippen LogP) is 2.30. The van der Waals surface area contributed by atoms with Crippen molar-refractivity contribution in [2.24, 2.45) is 5.73 Å². The fraction of sp³-hybridized carbons (Fsp3) is 0.375. The molecule has 0 unspecified atom stereocenters. The van der Waals surface area contributed by atoms with Crippen molar-refractivity contribution in [3.05, 3.63) is 36.2 Å². The summed E-state index contributed by atoms with van der Waals surface area (Å²) in [7, 11) is 0. The summed E-state index contributed by atoms with van der Waals surface area (Å²) >= 11 is 1.35. The zero-order chi connectivity index (χ0) is 17.4. The van der Waals surface area contributed by atoms with Crippen LogP contribution in [0.15, 0.2) is 35.7 Å². The summed E-state index contributed by atoms with van der Waals surface area (Å²) in [5, 5.41) is 11.5. The third-order valence-electron chi connectivity index (χ3n) is 3.37. The van der Waals surface area contributed by atoms with E-state index in [4.69, 9.17) is 5.73 Å². The molecule has 0 radical (unpaired) electrons. The molecule has 24 heavy (non-hydrogen) atoms. The number of aromatic nitrogens is 3. The normalized spacial score (nSPS) is 10.5. The van der Waals surface area contributed by atoms with Crippen molar-refractivity contribution in [3.63, 3.8) is 0 Å². The van der Waals surface area contributed by atoms with E-state index in [0.717, 1.165) is 31.0 Å². The molecule has 0 aliphatic carbocycles. The Balaban J connectivity index is 1.83. The predicted molar refractivity (Wildman–Crippen MR) is 93.9 cm³/mol. The molecule has 2 amide bonds. The number of rotatable bonds is 9. The van der Waals surface area contributed by atoms with Gasteiger partial charge in [-0.25, -0.2) is 0 Å². The Morgan fingerprint density at radius 1 is 1.25 bits per heavy atom. The molecule has 0 spiro atoms. The van der Waals surface area contributed by atoms with Gasteiger partial charge in [0.05, 0.1) is 5.75 Å². The number of carbonyl (C=O) groups excluding carboxylic acids is 2. The lowest BCUT2D eigenvalue weighted by Crippen LogP contribution is -2.15. The van der Waals surface area contributed by atoms with E-state index in [-0.39, 0.29) is 11.7 Å². The van der Waals surface area contributed by atoms with Gasteiger partial charge in [0.2, 0.25) is 11.8 Å². The number of benzene rings is 1. The van der Waals surface area contributed by atoms with E-state index >= 15 is 0 Å². The van der Waals surface area contributed by atoms with E-state index in [1.807, 2.05) is 4.57 Å². The molecule has 7 nitrogen and oxygen atoms in total. The summed E-state index contributed by atoms with van der Waals surface area (Å²) in [6, 6.07) is 6.46. The summed E-state index contributed by atoms with van der Waals surface area (Å²) in [5.74, 6) is -0.398. The number of thioether (sulfide) groups is 1. The number of amides is 2. The van der Waals surface area contributed by atoms with Crippen molar-refractivity contribution in [1.82, 2.24) is 14.8 Å². The average Bonchev–Trinajstić information content (AvgIpc) is 3.01. The molecule has 3 N–H and O–H groups in total. The fourth-order valence-electron chi connectivity index (χ4n) is 2.09. The molecule has 1 heterocycles. The summed E-state index contributed by atoms with van der Waals surface area (Å²) in [6.07, 6.45) is 5.07. The summed E-state index contributed by atoms with van der Waals surface area (Å²) in [4.78, 5) is 23.0. The van der Waals surface area contributed by atoms with Crippen LogP contribution in [0, 0.1) is 0 Å². The molecule has 0 saturated heterocycles. The first-order valence-electron chi connectivity index (χ1n) is 7.80. The minimum atomic E-state index is -0.495. The van der Waals surface area contributed by atoms with E-state index in [1.54, 1.807) is 30.6 Å². The van der Waals surface area contributed by atoms with Crippen molar-refractivity contribution in [1.29, 1.82) is 0 Å². The molecule has 128 valence electrons. The molecule has 0 atom stereocenters. The number of nitrogens with zero attached hydrogens (tertiary/aromatic N) is 3. The number of nitrogens with two attached hydrogens (primary N) is 1. The second kappa shape index (κ2) is 9.07. The molecule has 0 aliphatic rings. The van der Waals surface area contributed by atoms with Crippen molar-refractivity contribution in [3.8, 4) is 0 Å². The Morgan fingerprint density at radius 2 is 2.00 bits per heavy atom. The SMILES string of the molecule is CCCCCn1cnnc1SCC(=O)Nc1ccc(C(N)=O)cc1. The van der Waals surface area contributed by atoms with E-state index in [0.29, 0.717) is 11.3 Å². The molecule has 0 bridgehead atoms. The van der Waals surface area contributed by atoms with Gasteiger partial charge in [-0.3, -0.25) is 9.59 Å². The van der Waals surface area contributed by atoms with Gasteiger partial charge in [0.1, 0.15) is 6.33 Å². The lowest BCUT2D eigenvalue weighted by Gasteiger charge is -2.07. The smallest absolute Gasteiger partial charge is 0.248 e. The largest absolute Gasteiger partial charge is 0.366 e. The number of nitrogens with one attached hydrogen (secondary N) is 1. The monoisotopic (exact) mass is 347 g/mol. The Labute approximate surface area is 145 Å². The fourth-order valence-corrected chi connectivity index (χ4v) is 2.83. The van der Waals surface area contributed by atoms with Gasteiger partial charge in [-0.1, -0.05) is 31.5 Å². The molecule has 2 rings (SSSR count). The second-order valence-electron chi connectivity index (χ2n) is 5.29. The first-order valence-corrected chi connectivity index (χ1v) is 8.79. The molecule has 1 aromatic heterocycles. The molecule has 1 aromatic carbocycles. The summed E-state index contributed by atoms with van der Waals surface area (Å²) < 4.78 is 1.97. The van der Waals surface area contributed by atoms with Crippen LogP contribution in [0.5, 0.6) is 0 Å². The number of anilines is 1. The Morgan fingerprint density at radius 3 is 2.67 bits per heavy atom. The molecule has 0 fully saturated rings. The van der Waals surface area contributed by atoms with Crippen molar-refractivity contribution in [2.45, 2.75) is 37.9 Å². The Bertz CT molecular complexity index is 684. The third-order valence-corrected chi connectivity index (χ3v) is 4.35. The van der Waals surface area contributed by atoms with Crippen LogP contribution >= 0.6 is 11.8 Å². The number of carbonyl (C=O) groups is 2. The number of hydrogen-bond donors (Lipinski definition) is 2. The summed E-state index contributed by atoms with van der Waals surface area (Å²) in [6.45, 7) is 3.02. The van der Waals surface area contributed by atoms with Crippen LogP contribution in [0.25, 0.3) is 0 Å². The van der Waals surface area contributed by atoms with Gasteiger partial charge >= 0.3 is 0 Å². The zero-order valence-electron chi connectivity index (χ0n) is 13.6. The quantitative estimate of drug-likeness (QED) is 0.535. The minimum Gasteiger partial charge on any atom is -0.366 e. The summed E-state index contributed by atoms with van der Waals surface area (Å²) in [5.41, 5.74) is 6.21. The third kappa shape index (κ3) is 5.38. The topological polar surface area (TPSA) is 103 Å². The van der Waals surface area contributed by atoms with Crippen molar-refractivity contribution >= 4 is 29.3 Å².